The summed E-state index contributed by atoms with van der Waals surface area (Å²) in [5.41, 5.74) is 2.61. The first kappa shape index (κ1) is 14.4. The van der Waals surface area contributed by atoms with Crippen molar-refractivity contribution >= 4 is 11.9 Å². The fourth-order valence-electron chi connectivity index (χ4n) is 1.12. The normalized spacial score (nSPS) is 11.8. The Hall–Kier alpha value is -1.57. The molecule has 0 saturated heterocycles. The Kier molecular flexibility index (Phi) is 6.16. The summed E-state index contributed by atoms with van der Waals surface area (Å²) in [6.45, 7) is 15.1. The Morgan fingerprint density at radius 2 is 2.06 bits per heavy atom. The Morgan fingerprint density at radius 1 is 1.44 bits per heavy atom. The molecule has 0 unspecified atom stereocenters. The fourth-order valence-corrected chi connectivity index (χ4v) is 1.12. The molecule has 0 fully saturated rings. The molecule has 0 aromatic heterocycles. The molecule has 0 aromatic rings. The van der Waals surface area contributed by atoms with Crippen molar-refractivity contribution in [1.82, 2.24) is 10.7 Å². The predicted molar refractivity (Wildman–Crippen MR) is 64.5 cm³/mol. The van der Waals surface area contributed by atoms with E-state index in [0.717, 1.165) is 12.8 Å². The number of carbonyl (C=O) groups is 1. The number of carbonyl (C=O) groups excluding carboxylic acids is 1. The van der Waals surface area contributed by atoms with Gasteiger partial charge in [0, 0.05) is 13.5 Å². The zero-order chi connectivity index (χ0) is 12.6. The number of rotatable bonds is 3. The third-order valence-electron chi connectivity index (χ3n) is 1.81. The van der Waals surface area contributed by atoms with Crippen molar-refractivity contribution in [1.29, 1.82) is 0 Å². The third kappa shape index (κ3) is 9.00. The number of hydrogen-bond acceptors (Lipinski definition) is 2. The minimum Gasteiger partial charge on any atom is -0.292 e. The third-order valence-corrected chi connectivity index (χ3v) is 1.81. The number of hydrogen-bond donors (Lipinski definition) is 2. The van der Waals surface area contributed by atoms with Crippen LogP contribution < -0.4 is 10.7 Å². The molecule has 0 aliphatic rings. The van der Waals surface area contributed by atoms with Crippen LogP contribution in [-0.2, 0) is 4.79 Å². The van der Waals surface area contributed by atoms with Gasteiger partial charge in [0.15, 0.2) is 0 Å². The summed E-state index contributed by atoms with van der Waals surface area (Å²) in [5, 5.41) is 2.46. The maximum atomic E-state index is 10.8. The summed E-state index contributed by atoms with van der Waals surface area (Å²) in [4.78, 5) is 17.9. The van der Waals surface area contributed by atoms with E-state index in [1.54, 1.807) is 0 Å². The van der Waals surface area contributed by atoms with Crippen molar-refractivity contribution in [3.8, 4) is 0 Å². The van der Waals surface area contributed by atoms with Gasteiger partial charge in [0.1, 0.15) is 0 Å². The van der Waals surface area contributed by atoms with Crippen LogP contribution in [-0.4, -0.2) is 18.4 Å². The van der Waals surface area contributed by atoms with Crippen LogP contribution in [0.3, 0.4) is 0 Å². The Bertz CT molecular complexity index is 296. The molecule has 0 saturated carbocycles. The Labute approximate surface area is 97.1 Å². The van der Waals surface area contributed by atoms with Gasteiger partial charge >= 0.3 is 0 Å². The molecule has 16 heavy (non-hydrogen) atoms. The average molecular weight is 224 g/mol. The second-order valence-electron chi connectivity index (χ2n) is 4.80. The first-order valence-electron chi connectivity index (χ1n) is 5.29. The van der Waals surface area contributed by atoms with Crippen LogP contribution in [0.4, 0.5) is 0 Å². The highest BCUT2D eigenvalue weighted by Gasteiger charge is 2.09. The smallest absolute Gasteiger partial charge is 0.268 e. The van der Waals surface area contributed by atoms with E-state index in [0.29, 0.717) is 6.54 Å². The summed E-state index contributed by atoms with van der Waals surface area (Å²) >= 11 is 0. The van der Waals surface area contributed by atoms with Crippen LogP contribution >= 0.6 is 0 Å². The van der Waals surface area contributed by atoms with Crippen LogP contribution in [0.2, 0.25) is 0 Å². The van der Waals surface area contributed by atoms with Crippen LogP contribution in [0.1, 0.15) is 40.5 Å². The first-order chi connectivity index (χ1) is 7.35. The van der Waals surface area contributed by atoms with Crippen LogP contribution in [0.5, 0.6) is 0 Å². The molecule has 90 valence electrons. The molecule has 0 atom stereocenters. The highest BCUT2D eigenvalue weighted by Crippen LogP contribution is 2.20. The van der Waals surface area contributed by atoms with Gasteiger partial charge in [-0.3, -0.25) is 10.1 Å². The van der Waals surface area contributed by atoms with Gasteiger partial charge < -0.3 is 0 Å². The monoisotopic (exact) mass is 224 g/mol. The molecule has 5 nitrogen and oxygen atoms in total. The summed E-state index contributed by atoms with van der Waals surface area (Å²) in [6.07, 6.45) is 1.99. The van der Waals surface area contributed by atoms with E-state index >= 15 is 0 Å². The lowest BCUT2D eigenvalue weighted by molar-refractivity contribution is -0.117. The molecule has 0 bridgehead atoms. The minimum atomic E-state index is -0.231. The van der Waals surface area contributed by atoms with Gasteiger partial charge in [-0.2, -0.15) is 11.5 Å². The maximum absolute atomic E-state index is 10.8. The highest BCUT2D eigenvalue weighted by molar-refractivity contribution is 5.96. The van der Waals surface area contributed by atoms with Gasteiger partial charge in [-0.15, -0.1) is 0 Å². The second-order valence-corrected chi connectivity index (χ2v) is 4.80. The molecule has 0 aliphatic carbocycles. The fraction of sp³-hybridized carbons (Fsp3) is 0.727. The Balaban J connectivity index is 4.05. The van der Waals surface area contributed by atoms with E-state index in [-0.39, 0.29) is 17.3 Å². The van der Waals surface area contributed by atoms with E-state index in [1.165, 1.54) is 6.92 Å². The van der Waals surface area contributed by atoms with Crippen molar-refractivity contribution in [3.63, 3.8) is 0 Å². The van der Waals surface area contributed by atoms with Gasteiger partial charge in [0.25, 0.3) is 5.96 Å². The van der Waals surface area contributed by atoms with Crippen LogP contribution in [0.25, 0.3) is 4.95 Å². The lowest BCUT2D eigenvalue weighted by atomic mass is 9.91. The molecular weight excluding hydrogens is 204 g/mol. The summed E-state index contributed by atoms with van der Waals surface area (Å²) in [5.74, 6) is 0.00197. The summed E-state index contributed by atoms with van der Waals surface area (Å²) < 4.78 is 0. The molecule has 1 amide bonds. The van der Waals surface area contributed by atoms with E-state index in [1.807, 2.05) is 0 Å². The molecule has 0 spiro atoms. The Morgan fingerprint density at radius 3 is 2.50 bits per heavy atom. The van der Waals surface area contributed by atoms with Gasteiger partial charge in [0.05, 0.1) is 0 Å². The predicted octanol–water partition coefficient (Wildman–Crippen LogP) is 1.73. The maximum Gasteiger partial charge on any atom is 0.268 e. The second kappa shape index (κ2) is 6.83. The first-order valence-corrected chi connectivity index (χ1v) is 5.29. The van der Waals surface area contributed by atoms with E-state index < -0.39 is 0 Å². The zero-order valence-corrected chi connectivity index (χ0v) is 10.4. The summed E-state index contributed by atoms with van der Waals surface area (Å²) in [7, 11) is 0. The molecular formula is C11H20N4O. The number of nitrogens with one attached hydrogen (secondary N) is 2. The molecule has 0 rings (SSSR count). The number of amides is 1. The average Bonchev–Trinajstić information content (AvgIpc) is 2.10. The van der Waals surface area contributed by atoms with Crippen molar-refractivity contribution in [2.75, 3.05) is 6.54 Å². The van der Waals surface area contributed by atoms with Gasteiger partial charge in [-0.25, -0.2) is 4.99 Å². The summed E-state index contributed by atoms with van der Waals surface area (Å²) in [6, 6.07) is 0. The number of guanidine groups is 1. The van der Waals surface area contributed by atoms with E-state index in [4.69, 9.17) is 6.57 Å². The molecule has 5 heteroatoms. The van der Waals surface area contributed by atoms with Gasteiger partial charge in [-0.05, 0) is 18.3 Å². The standard InChI is InChI=1S/C11H20N4O/c1-9(16)14-10(15-12-5)13-8-6-7-11(2,3)4/h6-8H2,1-4H3,(H2,13,14,15,16). The van der Waals surface area contributed by atoms with Crippen molar-refractivity contribution in [2.45, 2.75) is 40.5 Å². The molecule has 0 radical (unpaired) electrons. The lowest BCUT2D eigenvalue weighted by Crippen LogP contribution is -2.36. The highest BCUT2D eigenvalue weighted by atomic mass is 16.1. The minimum absolute atomic E-state index is 0.231. The van der Waals surface area contributed by atoms with Crippen molar-refractivity contribution < 1.29 is 4.79 Å². The lowest BCUT2D eigenvalue weighted by Gasteiger charge is -2.16. The number of aliphatic imine (C=N–C) groups is 1. The molecule has 0 aromatic carbocycles. The van der Waals surface area contributed by atoms with E-state index in [2.05, 4.69) is 41.5 Å². The molecule has 2 N–H and O–H groups in total. The van der Waals surface area contributed by atoms with Crippen molar-refractivity contribution in [3.05, 3.63) is 11.5 Å². The quantitative estimate of drug-likeness (QED) is 0.252. The van der Waals surface area contributed by atoms with Crippen LogP contribution in [0.15, 0.2) is 4.99 Å². The van der Waals surface area contributed by atoms with Crippen molar-refractivity contribution in [2.24, 2.45) is 10.4 Å². The van der Waals surface area contributed by atoms with Crippen LogP contribution in [0, 0.1) is 12.0 Å². The van der Waals surface area contributed by atoms with E-state index in [9.17, 15) is 4.79 Å². The molecule has 0 heterocycles. The van der Waals surface area contributed by atoms with Gasteiger partial charge in [0.2, 0.25) is 5.91 Å². The SMILES string of the molecule is [C-]#[N+]NC(=NCCCC(C)(C)C)NC(C)=O. The topological polar surface area (TPSA) is 57.9 Å². The van der Waals surface area contributed by atoms with Gasteiger partial charge in [-0.1, -0.05) is 26.2 Å². The largest absolute Gasteiger partial charge is 0.292 e. The zero-order valence-electron chi connectivity index (χ0n) is 10.4. The molecule has 0 aliphatic heterocycles. The number of nitrogens with zero attached hydrogens (tertiary/aromatic N) is 2.